The molecule has 1 aliphatic rings. The van der Waals surface area contributed by atoms with Crippen molar-refractivity contribution in [2.75, 3.05) is 13.2 Å². The highest BCUT2D eigenvalue weighted by Gasteiger charge is 2.29. The summed E-state index contributed by atoms with van der Waals surface area (Å²) in [7, 11) is 0. The van der Waals surface area contributed by atoms with Gasteiger partial charge in [0.05, 0.1) is 12.0 Å². The number of carbonyl (C=O) groups excluding carboxylic acids is 3. The van der Waals surface area contributed by atoms with E-state index in [1.165, 1.54) is 22.3 Å². The van der Waals surface area contributed by atoms with E-state index in [4.69, 9.17) is 9.47 Å². The summed E-state index contributed by atoms with van der Waals surface area (Å²) in [6, 6.07) is 16.8. The summed E-state index contributed by atoms with van der Waals surface area (Å²) >= 11 is 0. The summed E-state index contributed by atoms with van der Waals surface area (Å²) < 4.78 is 14.9. The molecule has 0 bridgehead atoms. The first-order valence-corrected chi connectivity index (χ1v) is 11.0. The van der Waals surface area contributed by atoms with Crippen LogP contribution in [0.4, 0.5) is 4.79 Å². The van der Waals surface area contributed by atoms with Crippen molar-refractivity contribution in [1.82, 2.24) is 0 Å². The van der Waals surface area contributed by atoms with Gasteiger partial charge in [-0.3, -0.25) is 9.59 Å². The summed E-state index contributed by atoms with van der Waals surface area (Å²) in [6.45, 7) is 12.4. The van der Waals surface area contributed by atoms with Crippen LogP contribution in [0, 0.1) is 5.41 Å². The smallest absolute Gasteiger partial charge is 0.428 e. The number of fused-ring (bicyclic) bond motifs is 3. The number of hydrogen-bond donors (Lipinski definition) is 0. The van der Waals surface area contributed by atoms with Gasteiger partial charge < -0.3 is 14.2 Å². The van der Waals surface area contributed by atoms with Crippen molar-refractivity contribution in [2.45, 2.75) is 60.0 Å². The highest BCUT2D eigenvalue weighted by Crippen LogP contribution is 2.44. The third-order valence-electron chi connectivity index (χ3n) is 4.73. The van der Waals surface area contributed by atoms with Gasteiger partial charge in [-0.1, -0.05) is 48.5 Å². The number of benzene rings is 2. The van der Waals surface area contributed by atoms with Crippen molar-refractivity contribution in [3.63, 3.8) is 0 Å². The van der Waals surface area contributed by atoms with Crippen molar-refractivity contribution in [3.05, 3.63) is 59.7 Å². The van der Waals surface area contributed by atoms with Gasteiger partial charge in [-0.25, -0.2) is 4.79 Å². The topological polar surface area (TPSA) is 78.9 Å². The SMILES string of the molecule is CC(=O)COCC1c2ccccc2-c2ccccc21.CC(C)(C)OC(=O)OC(=O)C(C)(C)C. The van der Waals surface area contributed by atoms with Gasteiger partial charge in [0, 0.05) is 5.92 Å². The predicted octanol–water partition coefficient (Wildman–Crippen LogP) is 5.92. The molecule has 0 unspecified atom stereocenters. The molecule has 33 heavy (non-hydrogen) atoms. The second-order valence-electron chi connectivity index (χ2n) is 10.0. The van der Waals surface area contributed by atoms with E-state index in [0.717, 1.165) is 0 Å². The minimum absolute atomic E-state index is 0.0690. The summed E-state index contributed by atoms with van der Waals surface area (Å²) in [4.78, 5) is 33.3. The van der Waals surface area contributed by atoms with E-state index in [9.17, 15) is 14.4 Å². The molecule has 0 N–H and O–H groups in total. The fourth-order valence-corrected chi connectivity index (χ4v) is 3.26. The van der Waals surface area contributed by atoms with Crippen molar-refractivity contribution in [2.24, 2.45) is 5.41 Å². The Bertz CT molecular complexity index is 949. The largest absolute Gasteiger partial charge is 0.516 e. The molecule has 6 nitrogen and oxygen atoms in total. The maximum atomic E-state index is 11.2. The average Bonchev–Trinajstić information content (AvgIpc) is 3.00. The van der Waals surface area contributed by atoms with E-state index in [1.807, 2.05) is 0 Å². The van der Waals surface area contributed by atoms with E-state index >= 15 is 0 Å². The van der Waals surface area contributed by atoms with Gasteiger partial charge in [-0.05, 0) is 70.7 Å². The van der Waals surface area contributed by atoms with Crippen molar-refractivity contribution < 1.29 is 28.6 Å². The third kappa shape index (κ3) is 7.82. The first-order chi connectivity index (χ1) is 15.3. The van der Waals surface area contributed by atoms with Gasteiger partial charge in [0.15, 0.2) is 5.78 Å². The lowest BCUT2D eigenvalue weighted by Gasteiger charge is -2.20. The van der Waals surface area contributed by atoms with Gasteiger partial charge >= 0.3 is 12.1 Å². The zero-order valence-corrected chi connectivity index (χ0v) is 20.6. The molecule has 0 aromatic heterocycles. The van der Waals surface area contributed by atoms with Crippen LogP contribution < -0.4 is 0 Å². The molecule has 0 saturated carbocycles. The number of Topliss-reactive ketones (excluding diaryl/α,β-unsaturated/α-hetero) is 1. The van der Waals surface area contributed by atoms with Crippen molar-refractivity contribution in [3.8, 4) is 11.1 Å². The molecule has 0 radical (unpaired) electrons. The quantitative estimate of drug-likeness (QED) is 0.422. The Labute approximate surface area is 196 Å². The molecule has 3 rings (SSSR count). The second kappa shape index (κ2) is 10.8. The minimum Gasteiger partial charge on any atom is -0.428 e. The zero-order valence-electron chi connectivity index (χ0n) is 20.6. The van der Waals surface area contributed by atoms with Crippen LogP contribution in [0.5, 0.6) is 0 Å². The van der Waals surface area contributed by atoms with Crippen molar-refractivity contribution >= 4 is 17.9 Å². The van der Waals surface area contributed by atoms with Crippen LogP contribution in [0.2, 0.25) is 0 Å². The number of ether oxygens (including phenoxy) is 3. The lowest BCUT2D eigenvalue weighted by molar-refractivity contribution is -0.150. The van der Waals surface area contributed by atoms with E-state index in [2.05, 4.69) is 53.3 Å². The van der Waals surface area contributed by atoms with Gasteiger partial charge in [0.25, 0.3) is 0 Å². The number of carbonyl (C=O) groups is 3. The molecule has 1 aliphatic carbocycles. The third-order valence-corrected chi connectivity index (χ3v) is 4.73. The Morgan fingerprint density at radius 2 is 1.30 bits per heavy atom. The first-order valence-electron chi connectivity index (χ1n) is 11.0. The highest BCUT2D eigenvalue weighted by molar-refractivity contribution is 5.85. The molecule has 0 atom stereocenters. The molecule has 0 aliphatic heterocycles. The number of hydrogen-bond acceptors (Lipinski definition) is 6. The lowest BCUT2D eigenvalue weighted by Crippen LogP contribution is -2.30. The Hall–Kier alpha value is -2.99. The Morgan fingerprint density at radius 1 is 0.818 bits per heavy atom. The molecular formula is C27H34O6. The van der Waals surface area contributed by atoms with Crippen LogP contribution in [-0.2, 0) is 23.8 Å². The standard InChI is InChI=1S/C17H16O2.C10H18O4/c1-12(18)10-19-11-17-15-8-4-2-6-13(15)14-7-3-5-9-16(14)17;1-9(2,3)7(11)13-8(12)14-10(4,5)6/h2-9,17H,10-11H2,1H3;1-6H3. The highest BCUT2D eigenvalue weighted by atomic mass is 16.7. The fourth-order valence-electron chi connectivity index (χ4n) is 3.26. The van der Waals surface area contributed by atoms with E-state index in [0.29, 0.717) is 6.61 Å². The van der Waals surface area contributed by atoms with E-state index in [1.54, 1.807) is 48.5 Å². The first kappa shape index (κ1) is 26.3. The summed E-state index contributed by atoms with van der Waals surface area (Å²) in [5.41, 5.74) is 3.83. The van der Waals surface area contributed by atoms with Gasteiger partial charge in [-0.15, -0.1) is 0 Å². The maximum Gasteiger partial charge on any atom is 0.516 e. The molecule has 0 saturated heterocycles. The molecule has 2 aromatic carbocycles. The predicted molar refractivity (Wildman–Crippen MR) is 127 cm³/mol. The summed E-state index contributed by atoms with van der Waals surface area (Å²) in [5, 5.41) is 0. The summed E-state index contributed by atoms with van der Waals surface area (Å²) in [5.74, 6) is -0.280. The van der Waals surface area contributed by atoms with Crippen LogP contribution >= 0.6 is 0 Å². The van der Waals surface area contributed by atoms with E-state index < -0.39 is 23.1 Å². The number of ketones is 1. The van der Waals surface area contributed by atoms with Gasteiger partial charge in [0.1, 0.15) is 12.2 Å². The van der Waals surface area contributed by atoms with Gasteiger partial charge in [0.2, 0.25) is 0 Å². The van der Waals surface area contributed by atoms with Crippen LogP contribution in [0.25, 0.3) is 11.1 Å². The second-order valence-corrected chi connectivity index (χ2v) is 10.0. The van der Waals surface area contributed by atoms with Crippen molar-refractivity contribution in [1.29, 1.82) is 0 Å². The summed E-state index contributed by atoms with van der Waals surface area (Å²) in [6.07, 6.45) is -0.947. The lowest BCUT2D eigenvalue weighted by atomic mass is 9.98. The van der Waals surface area contributed by atoms with Crippen LogP contribution in [0.15, 0.2) is 48.5 Å². The average molecular weight is 455 g/mol. The molecule has 6 heteroatoms. The fraction of sp³-hybridized carbons (Fsp3) is 0.444. The Kier molecular flexibility index (Phi) is 8.56. The number of esters is 1. The maximum absolute atomic E-state index is 11.2. The van der Waals surface area contributed by atoms with Crippen LogP contribution in [0.3, 0.4) is 0 Å². The molecule has 0 heterocycles. The molecule has 0 spiro atoms. The Morgan fingerprint density at radius 3 is 1.73 bits per heavy atom. The molecule has 0 fully saturated rings. The van der Waals surface area contributed by atoms with Crippen LogP contribution in [-0.4, -0.2) is 36.7 Å². The molecule has 0 amide bonds. The minimum atomic E-state index is -0.947. The monoisotopic (exact) mass is 454 g/mol. The Balaban J connectivity index is 0.000000248. The van der Waals surface area contributed by atoms with Crippen LogP contribution in [0.1, 0.15) is 65.5 Å². The number of rotatable bonds is 4. The molecule has 2 aromatic rings. The zero-order chi connectivity index (χ0) is 24.8. The van der Waals surface area contributed by atoms with E-state index in [-0.39, 0.29) is 18.3 Å². The molecule has 178 valence electrons. The molecular weight excluding hydrogens is 420 g/mol. The van der Waals surface area contributed by atoms with Gasteiger partial charge in [-0.2, -0.15) is 0 Å². The normalized spacial score (nSPS) is 12.7.